The zero-order chi connectivity index (χ0) is 21.8. The van der Waals surface area contributed by atoms with Crippen molar-refractivity contribution in [1.82, 2.24) is 14.9 Å². The van der Waals surface area contributed by atoms with Gasteiger partial charge in [-0.05, 0) is 35.6 Å². The van der Waals surface area contributed by atoms with Gasteiger partial charge in [-0.15, -0.1) is 11.3 Å². The third-order valence-electron chi connectivity index (χ3n) is 4.76. The number of rotatable bonds is 7. The smallest absolute Gasteiger partial charge is 0.272 e. The van der Waals surface area contributed by atoms with Gasteiger partial charge in [0.15, 0.2) is 5.16 Å². The number of carbonyl (C=O) groups excluding carboxylic acids is 1. The van der Waals surface area contributed by atoms with Gasteiger partial charge in [0.25, 0.3) is 5.56 Å². The highest BCUT2D eigenvalue weighted by Crippen LogP contribution is 2.22. The molecule has 4 aromatic rings. The fourth-order valence-electron chi connectivity index (χ4n) is 3.07. The normalized spacial score (nSPS) is 11.0. The number of amides is 1. The molecule has 158 valence electrons. The van der Waals surface area contributed by atoms with Crippen LogP contribution in [0.3, 0.4) is 0 Å². The molecule has 0 atom stereocenters. The second kappa shape index (κ2) is 9.68. The molecule has 8 heteroatoms. The van der Waals surface area contributed by atoms with Crippen molar-refractivity contribution in [3.05, 3.63) is 92.0 Å². The van der Waals surface area contributed by atoms with Gasteiger partial charge in [-0.3, -0.25) is 14.2 Å². The van der Waals surface area contributed by atoms with E-state index < -0.39 is 0 Å². The first-order valence-electron chi connectivity index (χ1n) is 9.68. The van der Waals surface area contributed by atoms with E-state index >= 15 is 0 Å². The fraction of sp³-hybridized carbons (Fsp3) is 0.174. The summed E-state index contributed by atoms with van der Waals surface area (Å²) in [6.07, 6.45) is 0. The topological polar surface area (TPSA) is 64.0 Å². The van der Waals surface area contributed by atoms with E-state index in [1.807, 2.05) is 60.8 Å². The van der Waals surface area contributed by atoms with Gasteiger partial charge in [0.05, 0.1) is 17.8 Å². The molecule has 5 nitrogen and oxygen atoms in total. The van der Waals surface area contributed by atoms with Crippen molar-refractivity contribution < 1.29 is 4.79 Å². The zero-order valence-electron chi connectivity index (χ0n) is 16.8. The van der Waals surface area contributed by atoms with Gasteiger partial charge in [-0.2, -0.15) is 0 Å². The molecule has 1 N–H and O–H groups in total. The Morgan fingerprint density at radius 3 is 2.71 bits per heavy atom. The van der Waals surface area contributed by atoms with Crippen LogP contribution in [-0.4, -0.2) is 21.2 Å². The van der Waals surface area contributed by atoms with Crippen molar-refractivity contribution in [3.8, 4) is 0 Å². The number of aromatic nitrogens is 2. The van der Waals surface area contributed by atoms with E-state index in [1.165, 1.54) is 23.1 Å². The molecule has 0 fully saturated rings. The van der Waals surface area contributed by atoms with Crippen LogP contribution in [0.15, 0.2) is 69.9 Å². The number of benzene rings is 2. The van der Waals surface area contributed by atoms with Crippen LogP contribution in [0, 0.1) is 6.92 Å². The Labute approximate surface area is 193 Å². The quantitative estimate of drug-likeness (QED) is 0.309. The lowest BCUT2D eigenvalue weighted by molar-refractivity contribution is -0.118. The lowest BCUT2D eigenvalue weighted by atomic mass is 10.1. The summed E-state index contributed by atoms with van der Waals surface area (Å²) in [5.74, 6) is 0.00642. The molecule has 0 aliphatic heterocycles. The molecule has 0 radical (unpaired) electrons. The Kier molecular flexibility index (Phi) is 6.75. The molecule has 0 aliphatic carbocycles. The average molecular weight is 470 g/mol. The largest absolute Gasteiger partial charge is 0.351 e. The summed E-state index contributed by atoms with van der Waals surface area (Å²) >= 11 is 8.79. The van der Waals surface area contributed by atoms with Crippen molar-refractivity contribution in [2.75, 3.05) is 5.75 Å². The summed E-state index contributed by atoms with van der Waals surface area (Å²) in [5, 5.41) is 5.89. The number of hydrogen-bond acceptors (Lipinski definition) is 5. The maximum absolute atomic E-state index is 13.1. The predicted octanol–water partition coefficient (Wildman–Crippen LogP) is 4.88. The van der Waals surface area contributed by atoms with Crippen molar-refractivity contribution in [2.45, 2.75) is 25.2 Å². The second-order valence-corrected chi connectivity index (χ2v) is 9.33. The molecule has 0 spiro atoms. The highest BCUT2D eigenvalue weighted by molar-refractivity contribution is 7.99. The van der Waals surface area contributed by atoms with Crippen LogP contribution in [0.25, 0.3) is 10.2 Å². The molecular formula is C23H20ClN3O2S2. The second-order valence-electron chi connectivity index (χ2n) is 7.06. The van der Waals surface area contributed by atoms with E-state index in [9.17, 15) is 9.59 Å². The highest BCUT2D eigenvalue weighted by Gasteiger charge is 2.15. The third-order valence-corrected chi connectivity index (χ3v) is 7.00. The minimum absolute atomic E-state index is 0.0837. The Morgan fingerprint density at radius 2 is 1.94 bits per heavy atom. The van der Waals surface area contributed by atoms with E-state index in [-0.39, 0.29) is 17.2 Å². The standard InChI is InChI=1S/C23H20ClN3O2S2/c1-15-6-8-16(9-7-15)13-27-22(29)21-19(10-11-30-21)26-23(27)31-14-20(28)25-12-17-4-2-3-5-18(17)24/h2-11H,12-14H2,1H3,(H,25,28). The van der Waals surface area contributed by atoms with E-state index in [4.69, 9.17) is 11.6 Å². The molecule has 2 aromatic heterocycles. The van der Waals surface area contributed by atoms with Crippen LogP contribution in [0.4, 0.5) is 0 Å². The lowest BCUT2D eigenvalue weighted by Gasteiger charge is -2.12. The number of fused-ring (bicyclic) bond motifs is 1. The van der Waals surface area contributed by atoms with E-state index in [0.717, 1.165) is 16.7 Å². The lowest BCUT2D eigenvalue weighted by Crippen LogP contribution is -2.26. The van der Waals surface area contributed by atoms with E-state index in [0.29, 0.717) is 33.5 Å². The highest BCUT2D eigenvalue weighted by atomic mass is 35.5. The zero-order valence-corrected chi connectivity index (χ0v) is 19.2. The summed E-state index contributed by atoms with van der Waals surface area (Å²) < 4.78 is 2.27. The van der Waals surface area contributed by atoms with Crippen molar-refractivity contribution in [1.29, 1.82) is 0 Å². The SMILES string of the molecule is Cc1ccc(Cn2c(SCC(=O)NCc3ccccc3Cl)nc3ccsc3c2=O)cc1. The number of hydrogen-bond donors (Lipinski definition) is 1. The number of nitrogens with zero attached hydrogens (tertiary/aromatic N) is 2. The molecule has 2 heterocycles. The molecule has 4 rings (SSSR count). The minimum Gasteiger partial charge on any atom is -0.351 e. The maximum Gasteiger partial charge on any atom is 0.272 e. The van der Waals surface area contributed by atoms with Gasteiger partial charge in [0, 0.05) is 11.6 Å². The summed E-state index contributed by atoms with van der Waals surface area (Å²) in [4.78, 5) is 30.1. The summed E-state index contributed by atoms with van der Waals surface area (Å²) in [7, 11) is 0. The summed E-state index contributed by atoms with van der Waals surface area (Å²) in [6, 6.07) is 17.3. The third kappa shape index (κ3) is 5.18. The van der Waals surface area contributed by atoms with Crippen molar-refractivity contribution in [3.63, 3.8) is 0 Å². The molecule has 0 aliphatic rings. The molecule has 0 bridgehead atoms. The van der Waals surface area contributed by atoms with Crippen LogP contribution >= 0.6 is 34.7 Å². The van der Waals surface area contributed by atoms with Crippen molar-refractivity contribution >= 4 is 50.8 Å². The fourth-order valence-corrected chi connectivity index (χ4v) is 4.88. The number of thiophene rings is 1. The number of aryl methyl sites for hydroxylation is 1. The number of nitrogens with one attached hydrogen (secondary N) is 1. The first-order chi connectivity index (χ1) is 15.0. The van der Waals surface area contributed by atoms with Gasteiger partial charge in [0.1, 0.15) is 4.70 Å². The van der Waals surface area contributed by atoms with E-state index in [1.54, 1.807) is 10.6 Å². The first kappa shape index (κ1) is 21.6. The van der Waals surface area contributed by atoms with Gasteiger partial charge >= 0.3 is 0 Å². The van der Waals surface area contributed by atoms with Crippen LogP contribution < -0.4 is 10.9 Å². The first-order valence-corrected chi connectivity index (χ1v) is 11.9. The van der Waals surface area contributed by atoms with Crippen LogP contribution in [0.2, 0.25) is 5.02 Å². The summed E-state index contributed by atoms with van der Waals surface area (Å²) in [5.41, 5.74) is 3.61. The van der Waals surface area contributed by atoms with Crippen LogP contribution in [-0.2, 0) is 17.9 Å². The Morgan fingerprint density at radius 1 is 1.16 bits per heavy atom. The predicted molar refractivity (Wildman–Crippen MR) is 128 cm³/mol. The molecule has 1 amide bonds. The number of carbonyl (C=O) groups is 1. The summed E-state index contributed by atoms with van der Waals surface area (Å²) in [6.45, 7) is 2.79. The molecular weight excluding hydrogens is 450 g/mol. The molecule has 0 saturated heterocycles. The Balaban J connectivity index is 1.52. The maximum atomic E-state index is 13.1. The van der Waals surface area contributed by atoms with Gasteiger partial charge in [0.2, 0.25) is 5.91 Å². The van der Waals surface area contributed by atoms with Gasteiger partial charge < -0.3 is 5.32 Å². The van der Waals surface area contributed by atoms with Gasteiger partial charge in [-0.1, -0.05) is 71.4 Å². The average Bonchev–Trinajstić information content (AvgIpc) is 3.24. The van der Waals surface area contributed by atoms with Crippen LogP contribution in [0.1, 0.15) is 16.7 Å². The molecule has 31 heavy (non-hydrogen) atoms. The van der Waals surface area contributed by atoms with Gasteiger partial charge in [-0.25, -0.2) is 4.98 Å². The number of thioether (sulfide) groups is 1. The number of halogens is 1. The molecule has 0 unspecified atom stereocenters. The minimum atomic E-state index is -0.147. The molecule has 2 aromatic carbocycles. The van der Waals surface area contributed by atoms with Crippen LogP contribution in [0.5, 0.6) is 0 Å². The van der Waals surface area contributed by atoms with Crippen molar-refractivity contribution in [2.24, 2.45) is 0 Å². The molecule has 0 saturated carbocycles. The monoisotopic (exact) mass is 469 g/mol. The Hall–Kier alpha value is -2.61. The van der Waals surface area contributed by atoms with E-state index in [2.05, 4.69) is 10.3 Å². The Bertz CT molecular complexity index is 1280.